The van der Waals surface area contributed by atoms with Crippen LogP contribution in [-0.2, 0) is 0 Å². The molecule has 0 saturated carbocycles. The molecule has 2 heterocycles. The number of hydrogen-bond donors (Lipinski definition) is 1. The molecular weight excluding hydrogens is 402 g/mol. The second kappa shape index (κ2) is 8.13. The SMILES string of the molecule is COc1ccc(C(=O)Nc2ccnc(Sc3ccccn3)c2)cc1Br. The molecule has 0 spiro atoms. The molecular formula is C18H14BrN3O2S. The highest BCUT2D eigenvalue weighted by Crippen LogP contribution is 2.27. The third-order valence-electron chi connectivity index (χ3n) is 3.25. The number of nitrogens with zero attached hydrogens (tertiary/aromatic N) is 2. The zero-order chi connectivity index (χ0) is 17.6. The lowest BCUT2D eigenvalue weighted by atomic mass is 10.2. The maximum atomic E-state index is 12.4. The first-order valence-electron chi connectivity index (χ1n) is 7.35. The highest BCUT2D eigenvalue weighted by Gasteiger charge is 2.10. The Hall–Kier alpha value is -2.38. The lowest BCUT2D eigenvalue weighted by Gasteiger charge is -2.08. The van der Waals surface area contributed by atoms with Gasteiger partial charge in [0.1, 0.15) is 15.8 Å². The number of hydrogen-bond acceptors (Lipinski definition) is 5. The van der Waals surface area contributed by atoms with Gasteiger partial charge in [-0.2, -0.15) is 0 Å². The number of rotatable bonds is 5. The van der Waals surface area contributed by atoms with Gasteiger partial charge in [0.2, 0.25) is 0 Å². The summed E-state index contributed by atoms with van der Waals surface area (Å²) < 4.78 is 5.90. The minimum atomic E-state index is -0.205. The fourth-order valence-electron chi connectivity index (χ4n) is 2.07. The molecule has 0 aliphatic heterocycles. The topological polar surface area (TPSA) is 64.1 Å². The predicted octanol–water partition coefficient (Wildman–Crippen LogP) is 4.65. The summed E-state index contributed by atoms with van der Waals surface area (Å²) >= 11 is 4.82. The molecule has 0 radical (unpaired) electrons. The normalized spacial score (nSPS) is 10.3. The number of aromatic nitrogens is 2. The average Bonchev–Trinajstić information content (AvgIpc) is 2.63. The smallest absolute Gasteiger partial charge is 0.255 e. The highest BCUT2D eigenvalue weighted by molar-refractivity contribution is 9.10. The Morgan fingerprint density at radius 3 is 2.64 bits per heavy atom. The van der Waals surface area contributed by atoms with Crippen molar-refractivity contribution >= 4 is 39.3 Å². The van der Waals surface area contributed by atoms with E-state index in [-0.39, 0.29) is 5.91 Å². The second-order valence-electron chi connectivity index (χ2n) is 4.96. The van der Waals surface area contributed by atoms with Gasteiger partial charge in [-0.25, -0.2) is 9.97 Å². The third-order valence-corrected chi connectivity index (χ3v) is 4.76. The minimum Gasteiger partial charge on any atom is -0.496 e. The molecule has 5 nitrogen and oxygen atoms in total. The first-order valence-corrected chi connectivity index (χ1v) is 8.96. The number of methoxy groups -OCH3 is 1. The minimum absolute atomic E-state index is 0.205. The first kappa shape index (κ1) is 17.4. The van der Waals surface area contributed by atoms with Crippen LogP contribution in [0.5, 0.6) is 5.75 Å². The van der Waals surface area contributed by atoms with E-state index in [1.807, 2.05) is 24.3 Å². The maximum absolute atomic E-state index is 12.4. The maximum Gasteiger partial charge on any atom is 0.255 e. The Labute approximate surface area is 158 Å². The molecule has 2 aromatic heterocycles. The predicted molar refractivity (Wildman–Crippen MR) is 101 cm³/mol. The van der Waals surface area contributed by atoms with Gasteiger partial charge in [0.15, 0.2) is 0 Å². The van der Waals surface area contributed by atoms with Crippen molar-refractivity contribution in [2.75, 3.05) is 12.4 Å². The summed E-state index contributed by atoms with van der Waals surface area (Å²) in [6, 6.07) is 14.4. The monoisotopic (exact) mass is 415 g/mol. The molecule has 25 heavy (non-hydrogen) atoms. The molecule has 0 aliphatic rings. The van der Waals surface area contributed by atoms with Crippen molar-refractivity contribution in [1.82, 2.24) is 9.97 Å². The Bertz CT molecular complexity index is 890. The molecule has 0 fully saturated rings. The summed E-state index contributed by atoms with van der Waals surface area (Å²) in [7, 11) is 1.58. The van der Waals surface area contributed by atoms with Gasteiger partial charge < -0.3 is 10.1 Å². The number of ether oxygens (including phenoxy) is 1. The van der Waals surface area contributed by atoms with E-state index < -0.39 is 0 Å². The number of carbonyl (C=O) groups excluding carboxylic acids is 1. The van der Waals surface area contributed by atoms with Crippen LogP contribution >= 0.6 is 27.7 Å². The van der Waals surface area contributed by atoms with Gasteiger partial charge in [0.25, 0.3) is 5.91 Å². The molecule has 1 amide bonds. The fraction of sp³-hybridized carbons (Fsp3) is 0.0556. The second-order valence-corrected chi connectivity index (χ2v) is 6.85. The van der Waals surface area contributed by atoms with Crippen molar-refractivity contribution in [2.45, 2.75) is 10.1 Å². The van der Waals surface area contributed by atoms with E-state index in [9.17, 15) is 4.79 Å². The Morgan fingerprint density at radius 2 is 1.92 bits per heavy atom. The summed E-state index contributed by atoms with van der Waals surface area (Å²) in [5, 5.41) is 4.48. The van der Waals surface area contributed by atoms with Gasteiger partial charge in [0, 0.05) is 23.6 Å². The molecule has 0 bridgehead atoms. The highest BCUT2D eigenvalue weighted by atomic mass is 79.9. The molecule has 3 rings (SSSR count). The summed E-state index contributed by atoms with van der Waals surface area (Å²) in [6.45, 7) is 0. The van der Waals surface area contributed by atoms with Crippen molar-refractivity contribution in [2.24, 2.45) is 0 Å². The lowest BCUT2D eigenvalue weighted by Crippen LogP contribution is -2.12. The van der Waals surface area contributed by atoms with Crippen LogP contribution in [0.25, 0.3) is 0 Å². The van der Waals surface area contributed by atoms with Gasteiger partial charge in [-0.15, -0.1) is 0 Å². The molecule has 1 aromatic carbocycles. The van der Waals surface area contributed by atoms with Crippen LogP contribution < -0.4 is 10.1 Å². The first-order chi connectivity index (χ1) is 12.2. The summed E-state index contributed by atoms with van der Waals surface area (Å²) in [6.07, 6.45) is 3.39. The number of nitrogens with one attached hydrogen (secondary N) is 1. The molecule has 0 saturated heterocycles. The quantitative estimate of drug-likeness (QED) is 0.656. The van der Waals surface area contributed by atoms with Gasteiger partial charge in [-0.1, -0.05) is 17.8 Å². The number of anilines is 1. The van der Waals surface area contributed by atoms with Crippen LogP contribution in [0.15, 0.2) is 75.4 Å². The molecule has 0 unspecified atom stereocenters. The average molecular weight is 416 g/mol. The van der Waals surface area contributed by atoms with E-state index >= 15 is 0 Å². The van der Waals surface area contributed by atoms with Crippen molar-refractivity contribution in [3.05, 3.63) is 71.0 Å². The van der Waals surface area contributed by atoms with E-state index in [2.05, 4.69) is 31.2 Å². The van der Waals surface area contributed by atoms with E-state index in [0.29, 0.717) is 17.0 Å². The van der Waals surface area contributed by atoms with Gasteiger partial charge in [0.05, 0.1) is 11.6 Å². The van der Waals surface area contributed by atoms with Crippen LogP contribution in [0.3, 0.4) is 0 Å². The lowest BCUT2D eigenvalue weighted by molar-refractivity contribution is 0.102. The van der Waals surface area contributed by atoms with Crippen molar-refractivity contribution < 1.29 is 9.53 Å². The van der Waals surface area contributed by atoms with Crippen LogP contribution in [-0.4, -0.2) is 23.0 Å². The number of halogens is 1. The summed E-state index contributed by atoms with van der Waals surface area (Å²) in [4.78, 5) is 21.0. The van der Waals surface area contributed by atoms with E-state index in [0.717, 1.165) is 14.5 Å². The van der Waals surface area contributed by atoms with E-state index in [1.54, 1.807) is 43.8 Å². The molecule has 0 aliphatic carbocycles. The van der Waals surface area contributed by atoms with Gasteiger partial charge in [-0.05, 0) is 58.4 Å². The molecule has 3 aromatic rings. The summed E-state index contributed by atoms with van der Waals surface area (Å²) in [5.74, 6) is 0.470. The number of carbonyl (C=O) groups is 1. The fourth-order valence-corrected chi connectivity index (χ4v) is 3.38. The standard InChI is InChI=1S/C18H14BrN3O2S/c1-24-15-6-5-12(10-14(15)19)18(23)22-13-7-9-21-17(11-13)25-16-4-2-3-8-20-16/h2-11H,1H3,(H,21,22,23). The van der Waals surface area contributed by atoms with Crippen LogP contribution in [0.4, 0.5) is 5.69 Å². The zero-order valence-corrected chi connectivity index (χ0v) is 15.7. The number of amides is 1. The van der Waals surface area contributed by atoms with Crippen molar-refractivity contribution in [3.8, 4) is 5.75 Å². The van der Waals surface area contributed by atoms with Gasteiger partial charge >= 0.3 is 0 Å². The van der Waals surface area contributed by atoms with E-state index in [4.69, 9.17) is 4.74 Å². The largest absolute Gasteiger partial charge is 0.496 e. The van der Waals surface area contributed by atoms with E-state index in [1.165, 1.54) is 11.8 Å². The molecule has 1 N–H and O–H groups in total. The molecule has 7 heteroatoms. The third kappa shape index (κ3) is 4.58. The van der Waals surface area contributed by atoms with Crippen LogP contribution in [0, 0.1) is 0 Å². The van der Waals surface area contributed by atoms with Crippen LogP contribution in [0.1, 0.15) is 10.4 Å². The zero-order valence-electron chi connectivity index (χ0n) is 13.3. The summed E-state index contributed by atoms with van der Waals surface area (Å²) in [5.41, 5.74) is 1.20. The van der Waals surface area contributed by atoms with Crippen LogP contribution in [0.2, 0.25) is 0 Å². The molecule has 0 atom stereocenters. The Morgan fingerprint density at radius 1 is 1.08 bits per heavy atom. The number of benzene rings is 1. The van der Waals surface area contributed by atoms with Crippen molar-refractivity contribution in [3.63, 3.8) is 0 Å². The Kier molecular flexibility index (Phi) is 5.67. The Balaban J connectivity index is 1.73. The van der Waals surface area contributed by atoms with Gasteiger partial charge in [-0.3, -0.25) is 4.79 Å². The van der Waals surface area contributed by atoms with Crippen molar-refractivity contribution in [1.29, 1.82) is 0 Å². The number of pyridine rings is 2. The molecule has 126 valence electrons.